The topological polar surface area (TPSA) is 127 Å². The fraction of sp³-hybridized carbons (Fsp3) is 0.208. The maximum absolute atomic E-state index is 15.0. The lowest BCUT2D eigenvalue weighted by atomic mass is 10.0. The fourth-order valence-corrected chi connectivity index (χ4v) is 3.68. The van der Waals surface area contributed by atoms with Crippen molar-refractivity contribution in [1.82, 2.24) is 35.7 Å². The Morgan fingerprint density at radius 2 is 1.92 bits per heavy atom. The molecule has 2 N–H and O–H groups in total. The first-order chi connectivity index (χ1) is 18.6. The number of benzene rings is 1. The molecule has 11 nitrogen and oxygen atoms in total. The summed E-state index contributed by atoms with van der Waals surface area (Å²) >= 11 is 6.00. The highest BCUT2D eigenvalue weighted by Crippen LogP contribution is 2.32. The average molecular weight is 564 g/mol. The Labute approximate surface area is 224 Å². The Morgan fingerprint density at radius 1 is 1.15 bits per heavy atom. The number of carbonyl (C=O) groups excluding carboxylic acids is 2. The number of hydrazine groups is 1. The largest absolute Gasteiger partial charge is 0.479 e. The van der Waals surface area contributed by atoms with E-state index in [-0.39, 0.29) is 45.7 Å². The van der Waals surface area contributed by atoms with Crippen molar-refractivity contribution in [3.05, 3.63) is 76.8 Å². The zero-order valence-corrected chi connectivity index (χ0v) is 21.5. The number of carbonyl (C=O) groups is 2. The summed E-state index contributed by atoms with van der Waals surface area (Å²) in [5, 5.41) is 10.8. The van der Waals surface area contributed by atoms with E-state index in [1.165, 1.54) is 25.4 Å². The molecule has 15 heteroatoms. The van der Waals surface area contributed by atoms with Gasteiger partial charge in [0.1, 0.15) is 11.5 Å². The number of urea groups is 1. The van der Waals surface area contributed by atoms with Crippen LogP contribution in [0.15, 0.2) is 47.4 Å². The molecule has 0 atom stereocenters. The molecule has 1 aromatic carbocycles. The lowest BCUT2D eigenvalue weighted by Crippen LogP contribution is -2.53. The minimum absolute atomic E-state index is 0.0234. The average Bonchev–Trinajstić information content (AvgIpc) is 3.54. The first-order valence-electron chi connectivity index (χ1n) is 11.3. The summed E-state index contributed by atoms with van der Waals surface area (Å²) in [6.07, 6.45) is 3.10. The molecule has 3 heterocycles. The van der Waals surface area contributed by atoms with E-state index in [4.69, 9.17) is 20.9 Å². The summed E-state index contributed by atoms with van der Waals surface area (Å²) in [4.78, 5) is 29.2. The number of hydrogen-bond acceptors (Lipinski definition) is 7. The standard InChI is InChI=1S/C24H21ClF3N7O4/c1-12(2)35(32-23(36)20-7-21(38-3)33-39-20)24(37)30-10-19-17(27)4-13(8-29-19)16-5-14(25)6-18(28)22(16)34-11-15(26)9-31-34/h4-9,11-12H,10H2,1-3H3,(H,30,37)(H,32,36). The van der Waals surface area contributed by atoms with Crippen LogP contribution in [0.2, 0.25) is 5.02 Å². The van der Waals surface area contributed by atoms with Gasteiger partial charge in [0.25, 0.3) is 5.88 Å². The van der Waals surface area contributed by atoms with Gasteiger partial charge in [0.15, 0.2) is 11.6 Å². The third-order valence-electron chi connectivity index (χ3n) is 5.32. The van der Waals surface area contributed by atoms with Gasteiger partial charge in [-0.3, -0.25) is 15.2 Å². The smallest absolute Gasteiger partial charge is 0.336 e. The van der Waals surface area contributed by atoms with Crippen molar-refractivity contribution in [3.8, 4) is 22.7 Å². The summed E-state index contributed by atoms with van der Waals surface area (Å²) in [5.41, 5.74) is 2.33. The molecule has 3 aromatic heterocycles. The van der Waals surface area contributed by atoms with Crippen molar-refractivity contribution in [2.75, 3.05) is 7.11 Å². The van der Waals surface area contributed by atoms with Gasteiger partial charge >= 0.3 is 11.9 Å². The SMILES string of the molecule is COc1cc(C(=O)NN(C(=O)NCc2ncc(-c3cc(Cl)cc(F)c3-n3cc(F)cn3)cc2F)C(C)C)on1. The maximum atomic E-state index is 15.0. The van der Waals surface area contributed by atoms with E-state index in [0.717, 1.165) is 34.2 Å². The van der Waals surface area contributed by atoms with Gasteiger partial charge in [0, 0.05) is 28.4 Å². The summed E-state index contributed by atoms with van der Waals surface area (Å²) in [7, 11) is 1.35. The lowest BCUT2D eigenvalue weighted by molar-refractivity contribution is 0.0747. The second-order valence-electron chi connectivity index (χ2n) is 8.34. The highest BCUT2D eigenvalue weighted by atomic mass is 35.5. The highest BCUT2D eigenvalue weighted by molar-refractivity contribution is 6.31. The zero-order valence-electron chi connectivity index (χ0n) is 20.7. The third kappa shape index (κ3) is 6.12. The number of pyridine rings is 1. The summed E-state index contributed by atoms with van der Waals surface area (Å²) < 4.78 is 54.0. The van der Waals surface area contributed by atoms with Crippen LogP contribution in [0.1, 0.15) is 30.1 Å². The second kappa shape index (κ2) is 11.4. The first-order valence-corrected chi connectivity index (χ1v) is 11.7. The van der Waals surface area contributed by atoms with Gasteiger partial charge in [-0.15, -0.1) is 0 Å². The van der Waals surface area contributed by atoms with Gasteiger partial charge in [-0.25, -0.2) is 27.7 Å². The van der Waals surface area contributed by atoms with Crippen LogP contribution in [0.4, 0.5) is 18.0 Å². The molecule has 39 heavy (non-hydrogen) atoms. The molecule has 0 fully saturated rings. The molecule has 4 rings (SSSR count). The van der Waals surface area contributed by atoms with Crippen LogP contribution in [-0.2, 0) is 6.54 Å². The van der Waals surface area contributed by atoms with E-state index in [9.17, 15) is 18.4 Å². The van der Waals surface area contributed by atoms with Crippen LogP contribution in [0.25, 0.3) is 16.8 Å². The minimum Gasteiger partial charge on any atom is -0.479 e. The molecule has 204 valence electrons. The van der Waals surface area contributed by atoms with E-state index in [1.807, 2.05) is 0 Å². The summed E-state index contributed by atoms with van der Waals surface area (Å²) in [6.45, 7) is 2.94. The Kier molecular flexibility index (Phi) is 8.04. The van der Waals surface area contributed by atoms with Crippen LogP contribution < -0.4 is 15.5 Å². The fourth-order valence-electron chi connectivity index (χ4n) is 3.47. The maximum Gasteiger partial charge on any atom is 0.336 e. The summed E-state index contributed by atoms with van der Waals surface area (Å²) in [5.74, 6) is -3.20. The molecule has 0 saturated heterocycles. The Balaban J connectivity index is 1.50. The van der Waals surface area contributed by atoms with E-state index in [0.29, 0.717) is 0 Å². The van der Waals surface area contributed by atoms with Crippen molar-refractivity contribution in [2.24, 2.45) is 0 Å². The second-order valence-corrected chi connectivity index (χ2v) is 8.77. The van der Waals surface area contributed by atoms with E-state index >= 15 is 4.39 Å². The lowest BCUT2D eigenvalue weighted by Gasteiger charge is -2.26. The summed E-state index contributed by atoms with van der Waals surface area (Å²) in [6, 6.07) is 3.45. The normalized spacial score (nSPS) is 11.0. The molecule has 0 spiro atoms. The molecule has 0 unspecified atom stereocenters. The molecule has 0 aliphatic heterocycles. The van der Waals surface area contributed by atoms with Gasteiger partial charge in [-0.05, 0) is 37.2 Å². The van der Waals surface area contributed by atoms with Gasteiger partial charge in [0.05, 0.1) is 37.8 Å². The van der Waals surface area contributed by atoms with Gasteiger partial charge < -0.3 is 14.6 Å². The van der Waals surface area contributed by atoms with Gasteiger partial charge in [0.2, 0.25) is 5.76 Å². The number of rotatable bonds is 7. The van der Waals surface area contributed by atoms with E-state index in [1.54, 1.807) is 13.8 Å². The number of aromatic nitrogens is 4. The van der Waals surface area contributed by atoms with Crippen LogP contribution in [0.3, 0.4) is 0 Å². The van der Waals surface area contributed by atoms with Crippen molar-refractivity contribution >= 4 is 23.5 Å². The molecule has 3 amide bonds. The third-order valence-corrected chi connectivity index (χ3v) is 5.54. The molecular formula is C24H21ClF3N7O4. The number of nitrogens with one attached hydrogen (secondary N) is 2. The molecule has 4 aromatic rings. The molecule has 0 aliphatic rings. The van der Waals surface area contributed by atoms with Crippen molar-refractivity contribution in [1.29, 1.82) is 0 Å². The molecule has 0 aliphatic carbocycles. The van der Waals surface area contributed by atoms with Crippen LogP contribution in [-0.4, -0.2) is 50.0 Å². The number of hydrogen-bond donors (Lipinski definition) is 2. The quantitative estimate of drug-likeness (QED) is 0.321. The monoisotopic (exact) mass is 563 g/mol. The van der Waals surface area contributed by atoms with Crippen molar-refractivity contribution in [2.45, 2.75) is 26.4 Å². The van der Waals surface area contributed by atoms with Crippen LogP contribution >= 0.6 is 11.6 Å². The predicted molar refractivity (Wildman–Crippen MR) is 131 cm³/mol. The number of halogens is 4. The van der Waals surface area contributed by atoms with Crippen LogP contribution in [0, 0.1) is 17.5 Å². The Bertz CT molecular complexity index is 1530. The zero-order chi connectivity index (χ0) is 28.3. The van der Waals surface area contributed by atoms with Crippen molar-refractivity contribution < 1.29 is 32.0 Å². The van der Waals surface area contributed by atoms with E-state index < -0.39 is 35.4 Å². The van der Waals surface area contributed by atoms with E-state index in [2.05, 4.69) is 26.0 Å². The molecule has 0 bridgehead atoms. The molecule has 0 radical (unpaired) electrons. The Hall–Kier alpha value is -4.59. The molecular weight excluding hydrogens is 543 g/mol. The van der Waals surface area contributed by atoms with Crippen molar-refractivity contribution in [3.63, 3.8) is 0 Å². The van der Waals surface area contributed by atoms with Gasteiger partial charge in [-0.1, -0.05) is 11.6 Å². The predicted octanol–water partition coefficient (Wildman–Crippen LogP) is 4.27. The molecule has 0 saturated carbocycles. The Morgan fingerprint density at radius 3 is 2.54 bits per heavy atom. The highest BCUT2D eigenvalue weighted by Gasteiger charge is 2.24. The minimum atomic E-state index is -0.820. The number of nitrogens with zero attached hydrogens (tertiary/aromatic N) is 5. The van der Waals surface area contributed by atoms with Crippen LogP contribution in [0.5, 0.6) is 5.88 Å². The number of ether oxygens (including phenoxy) is 1. The number of amides is 3. The first kappa shape index (κ1) is 27.4. The van der Waals surface area contributed by atoms with Gasteiger partial charge in [-0.2, -0.15) is 5.10 Å². The number of methoxy groups -OCH3 is 1.